The molecular formula is C27H28NO+. The molecule has 0 spiro atoms. The van der Waals surface area contributed by atoms with Crippen LogP contribution in [0.25, 0.3) is 0 Å². The standard InChI is InChI=1S/C27H27NO/c29-27(25-14-6-2-7-15-25,26-16-8-3-9-17-26)19-10-11-20-28-21-18-24(22-28)23-12-4-1-5-13-23/h1-9,12-17,24,29H,18-22H2/p+1/t24-/m0/s1. The van der Waals surface area contributed by atoms with Crippen LogP contribution < -0.4 is 4.90 Å². The van der Waals surface area contributed by atoms with E-state index in [9.17, 15) is 5.11 Å². The van der Waals surface area contributed by atoms with Crippen molar-refractivity contribution in [2.75, 3.05) is 19.6 Å². The lowest BCUT2D eigenvalue weighted by Gasteiger charge is -2.27. The van der Waals surface area contributed by atoms with Gasteiger partial charge >= 0.3 is 0 Å². The lowest BCUT2D eigenvalue weighted by Crippen LogP contribution is -3.10. The Kier molecular flexibility index (Phi) is 6.10. The first-order chi connectivity index (χ1) is 14.3. The van der Waals surface area contributed by atoms with Gasteiger partial charge in [0.25, 0.3) is 0 Å². The van der Waals surface area contributed by atoms with Crippen LogP contribution in [0.15, 0.2) is 91.0 Å². The number of quaternary nitrogens is 1. The van der Waals surface area contributed by atoms with Crippen LogP contribution in [0.5, 0.6) is 0 Å². The van der Waals surface area contributed by atoms with Crippen molar-refractivity contribution < 1.29 is 10.0 Å². The van der Waals surface area contributed by atoms with Crippen molar-refractivity contribution in [2.24, 2.45) is 0 Å². The highest BCUT2D eigenvalue weighted by atomic mass is 16.3. The highest BCUT2D eigenvalue weighted by Crippen LogP contribution is 2.32. The fraction of sp³-hybridized carbons (Fsp3) is 0.259. The topological polar surface area (TPSA) is 24.7 Å². The highest BCUT2D eigenvalue weighted by molar-refractivity contribution is 5.37. The van der Waals surface area contributed by atoms with Gasteiger partial charge in [-0.3, -0.25) is 0 Å². The predicted molar refractivity (Wildman–Crippen MR) is 118 cm³/mol. The molecule has 146 valence electrons. The quantitative estimate of drug-likeness (QED) is 0.650. The van der Waals surface area contributed by atoms with E-state index in [0.717, 1.165) is 30.8 Å². The Morgan fingerprint density at radius 1 is 0.793 bits per heavy atom. The summed E-state index contributed by atoms with van der Waals surface area (Å²) in [5.41, 5.74) is 2.14. The number of hydrogen-bond acceptors (Lipinski definition) is 1. The van der Waals surface area contributed by atoms with Gasteiger partial charge in [0.2, 0.25) is 0 Å². The Bertz CT molecular complexity index is 917. The maximum absolute atomic E-state index is 11.5. The SMILES string of the molecule is OC(CC#CC[NH+]1CC[C@H](c2ccccc2)C1)(c1ccccc1)c1ccccc1. The Balaban J connectivity index is 1.43. The van der Waals surface area contributed by atoms with Crippen molar-refractivity contribution in [3.05, 3.63) is 108 Å². The Morgan fingerprint density at radius 2 is 1.34 bits per heavy atom. The van der Waals surface area contributed by atoms with Gasteiger partial charge in [0, 0.05) is 18.8 Å². The molecule has 0 aliphatic carbocycles. The number of hydrogen-bond donors (Lipinski definition) is 2. The van der Waals surface area contributed by atoms with Crippen LogP contribution in [0.2, 0.25) is 0 Å². The van der Waals surface area contributed by atoms with Crippen LogP contribution in [0.1, 0.15) is 35.4 Å². The maximum Gasteiger partial charge on any atom is 0.139 e. The average Bonchev–Trinajstić information content (AvgIpc) is 3.27. The van der Waals surface area contributed by atoms with E-state index in [1.807, 2.05) is 60.7 Å². The molecule has 1 fully saturated rings. The van der Waals surface area contributed by atoms with Crippen molar-refractivity contribution in [1.29, 1.82) is 0 Å². The summed E-state index contributed by atoms with van der Waals surface area (Å²) in [4.78, 5) is 1.54. The fourth-order valence-electron chi connectivity index (χ4n) is 4.28. The lowest BCUT2D eigenvalue weighted by molar-refractivity contribution is -0.880. The maximum atomic E-state index is 11.5. The zero-order valence-electron chi connectivity index (χ0n) is 16.7. The third-order valence-electron chi connectivity index (χ3n) is 5.96. The number of benzene rings is 3. The molecule has 2 atom stereocenters. The van der Waals surface area contributed by atoms with Gasteiger partial charge in [-0.15, -0.1) is 0 Å². The van der Waals surface area contributed by atoms with E-state index in [2.05, 4.69) is 42.2 Å². The van der Waals surface area contributed by atoms with Gasteiger partial charge in [0.15, 0.2) is 0 Å². The van der Waals surface area contributed by atoms with E-state index in [0.29, 0.717) is 12.3 Å². The minimum Gasteiger partial charge on any atom is -0.379 e. The number of aliphatic hydroxyl groups is 1. The first-order valence-corrected chi connectivity index (χ1v) is 10.4. The summed E-state index contributed by atoms with van der Waals surface area (Å²) in [7, 11) is 0. The van der Waals surface area contributed by atoms with Gasteiger partial charge in [0.1, 0.15) is 12.1 Å². The number of likely N-dealkylation sites (tertiary alicyclic amines) is 1. The third kappa shape index (κ3) is 4.59. The molecule has 2 N–H and O–H groups in total. The Hall–Kier alpha value is -2.86. The predicted octanol–water partition coefficient (Wildman–Crippen LogP) is 3.39. The molecule has 2 nitrogen and oxygen atoms in total. The van der Waals surface area contributed by atoms with E-state index < -0.39 is 5.60 Å². The molecule has 0 bridgehead atoms. The second kappa shape index (κ2) is 9.09. The van der Waals surface area contributed by atoms with Crippen LogP contribution in [0, 0.1) is 11.8 Å². The molecular weight excluding hydrogens is 354 g/mol. The van der Waals surface area contributed by atoms with Crippen molar-refractivity contribution in [1.82, 2.24) is 0 Å². The molecule has 3 aromatic carbocycles. The zero-order valence-corrected chi connectivity index (χ0v) is 16.7. The van der Waals surface area contributed by atoms with E-state index in [1.165, 1.54) is 16.9 Å². The van der Waals surface area contributed by atoms with Gasteiger partial charge in [-0.25, -0.2) is 0 Å². The molecule has 0 amide bonds. The summed E-state index contributed by atoms with van der Waals surface area (Å²) in [6, 6.07) is 30.5. The van der Waals surface area contributed by atoms with Crippen LogP contribution in [0.4, 0.5) is 0 Å². The molecule has 0 radical (unpaired) electrons. The van der Waals surface area contributed by atoms with Crippen LogP contribution in [-0.2, 0) is 5.60 Å². The second-order valence-electron chi connectivity index (χ2n) is 7.90. The van der Waals surface area contributed by atoms with E-state index in [-0.39, 0.29) is 0 Å². The minimum atomic E-state index is -1.08. The van der Waals surface area contributed by atoms with Gasteiger partial charge in [-0.05, 0) is 22.6 Å². The molecule has 0 saturated carbocycles. The van der Waals surface area contributed by atoms with Crippen LogP contribution in [0.3, 0.4) is 0 Å². The summed E-state index contributed by atoms with van der Waals surface area (Å²) in [5, 5.41) is 11.5. The van der Waals surface area contributed by atoms with Gasteiger partial charge in [-0.2, -0.15) is 0 Å². The van der Waals surface area contributed by atoms with Gasteiger partial charge in [-0.1, -0.05) is 96.9 Å². The molecule has 1 saturated heterocycles. The van der Waals surface area contributed by atoms with E-state index >= 15 is 0 Å². The molecule has 3 aromatic rings. The fourth-order valence-corrected chi connectivity index (χ4v) is 4.28. The molecule has 0 aromatic heterocycles. The van der Waals surface area contributed by atoms with Gasteiger partial charge < -0.3 is 10.0 Å². The van der Waals surface area contributed by atoms with Crippen LogP contribution >= 0.6 is 0 Å². The molecule has 1 aliphatic heterocycles. The first-order valence-electron chi connectivity index (χ1n) is 10.4. The monoisotopic (exact) mass is 382 g/mol. The lowest BCUT2D eigenvalue weighted by atomic mass is 9.84. The smallest absolute Gasteiger partial charge is 0.139 e. The summed E-state index contributed by atoms with van der Waals surface area (Å²) in [6.07, 6.45) is 1.62. The van der Waals surface area contributed by atoms with Crippen molar-refractivity contribution >= 4 is 0 Å². The molecule has 1 heterocycles. The minimum absolute atomic E-state index is 0.399. The summed E-state index contributed by atoms with van der Waals surface area (Å²) in [6.45, 7) is 3.14. The molecule has 2 heteroatoms. The highest BCUT2D eigenvalue weighted by Gasteiger charge is 2.30. The van der Waals surface area contributed by atoms with Crippen molar-refractivity contribution in [3.8, 4) is 11.8 Å². The number of nitrogens with one attached hydrogen (secondary N) is 1. The summed E-state index contributed by atoms with van der Waals surface area (Å²) < 4.78 is 0. The van der Waals surface area contributed by atoms with E-state index in [4.69, 9.17) is 0 Å². The number of rotatable bonds is 5. The Morgan fingerprint density at radius 3 is 1.93 bits per heavy atom. The third-order valence-corrected chi connectivity index (χ3v) is 5.96. The first kappa shape index (κ1) is 19.5. The molecule has 1 unspecified atom stereocenters. The second-order valence-corrected chi connectivity index (χ2v) is 7.90. The van der Waals surface area contributed by atoms with E-state index in [1.54, 1.807) is 0 Å². The molecule has 4 rings (SSSR count). The average molecular weight is 383 g/mol. The molecule has 1 aliphatic rings. The normalized spacial score (nSPS) is 18.8. The molecule has 29 heavy (non-hydrogen) atoms. The van der Waals surface area contributed by atoms with Gasteiger partial charge in [0.05, 0.1) is 13.1 Å². The summed E-state index contributed by atoms with van der Waals surface area (Å²) in [5.74, 6) is 7.27. The summed E-state index contributed by atoms with van der Waals surface area (Å²) >= 11 is 0. The largest absolute Gasteiger partial charge is 0.379 e. The Labute approximate surface area is 173 Å². The van der Waals surface area contributed by atoms with Crippen molar-refractivity contribution in [2.45, 2.75) is 24.4 Å². The van der Waals surface area contributed by atoms with Crippen molar-refractivity contribution in [3.63, 3.8) is 0 Å². The van der Waals surface area contributed by atoms with Crippen LogP contribution in [-0.4, -0.2) is 24.7 Å². The zero-order chi connectivity index (χ0) is 19.9.